The number of hydrogen-bond donors (Lipinski definition) is 7. The lowest BCUT2D eigenvalue weighted by molar-refractivity contribution is -0.121. The van der Waals surface area contributed by atoms with E-state index in [9.17, 15) is 33.1 Å². The topological polar surface area (TPSA) is 249 Å². The first-order chi connectivity index (χ1) is 24.9. The van der Waals surface area contributed by atoms with Gasteiger partial charge in [-0.25, -0.2) is 18.5 Å². The number of amides is 3. The van der Waals surface area contributed by atoms with Crippen molar-refractivity contribution in [3.8, 4) is 0 Å². The van der Waals surface area contributed by atoms with Crippen molar-refractivity contribution < 1.29 is 65.5 Å². The first kappa shape index (κ1) is 44.5. The number of phosphoric ester groups is 1. The molecule has 3 fully saturated rings. The Hall–Kier alpha value is -1.18. The summed E-state index contributed by atoms with van der Waals surface area (Å²) in [5.41, 5.74) is 0.764. The van der Waals surface area contributed by atoms with Crippen LogP contribution in [0.2, 0.25) is 0 Å². The summed E-state index contributed by atoms with van der Waals surface area (Å²) in [7, 11) is -13.7. The monoisotopic (exact) mass is 861 g/mol. The van der Waals surface area contributed by atoms with Gasteiger partial charge in [-0.1, -0.05) is 82.6 Å². The minimum Gasteiger partial charge on any atom is -0.365 e. The zero-order valence-corrected chi connectivity index (χ0v) is 34.1. The molecule has 6 unspecified atom stereocenters. The summed E-state index contributed by atoms with van der Waals surface area (Å²) in [5.74, 6) is 1.03. The molecule has 0 aliphatic carbocycles. The Morgan fingerprint density at radius 3 is 2.36 bits per heavy atom. The highest BCUT2D eigenvalue weighted by molar-refractivity contribution is 8.77. The van der Waals surface area contributed by atoms with Crippen LogP contribution in [0.15, 0.2) is 54.6 Å². The van der Waals surface area contributed by atoms with Crippen molar-refractivity contribution in [1.29, 1.82) is 0 Å². The third-order valence-electron chi connectivity index (χ3n) is 8.04. The van der Waals surface area contributed by atoms with E-state index in [-0.39, 0.29) is 34.7 Å². The number of urea groups is 1. The van der Waals surface area contributed by atoms with Gasteiger partial charge in [0.2, 0.25) is 5.91 Å². The van der Waals surface area contributed by atoms with Crippen molar-refractivity contribution in [3.05, 3.63) is 60.2 Å². The number of hydrogen-bond acceptors (Lipinski definition) is 13. The van der Waals surface area contributed by atoms with Gasteiger partial charge in [0, 0.05) is 35.1 Å². The maximum absolute atomic E-state index is 12.6. The number of fused-ring (bicyclic) bond motifs is 1. The normalized spacial score (nSPS) is 26.4. The van der Waals surface area contributed by atoms with E-state index in [1.54, 1.807) is 0 Å². The van der Waals surface area contributed by atoms with E-state index in [1.165, 1.54) is 21.6 Å². The fraction of sp³-hybridized carbons (Fsp3) is 0.600. The molecule has 53 heavy (non-hydrogen) atoms. The molecule has 3 saturated heterocycles. The van der Waals surface area contributed by atoms with Crippen LogP contribution in [0.1, 0.15) is 57.6 Å². The third-order valence-corrected chi connectivity index (χ3v) is 16.3. The third kappa shape index (κ3) is 16.1. The van der Waals surface area contributed by atoms with Crippen molar-refractivity contribution in [2.45, 2.75) is 86.3 Å². The quantitative estimate of drug-likeness (QED) is 0.0288. The molecule has 0 spiro atoms. The molecule has 0 saturated carbocycles. The van der Waals surface area contributed by atoms with Crippen molar-refractivity contribution in [2.75, 3.05) is 24.8 Å². The largest absolute Gasteiger partial charge is 0.490 e. The fourth-order valence-corrected chi connectivity index (χ4v) is 12.4. The van der Waals surface area contributed by atoms with Crippen LogP contribution in [0.5, 0.6) is 0 Å². The average molecular weight is 862 g/mol. The Morgan fingerprint density at radius 2 is 1.68 bits per heavy atom. The maximum atomic E-state index is 12.6. The lowest BCUT2D eigenvalue weighted by Crippen LogP contribution is -2.37. The number of nitrogens with one attached hydrogen (secondary N) is 3. The smallest absolute Gasteiger partial charge is 0.365 e. The van der Waals surface area contributed by atoms with Crippen LogP contribution in [0.4, 0.5) is 4.79 Å². The van der Waals surface area contributed by atoms with Gasteiger partial charge in [-0.3, -0.25) is 9.32 Å². The van der Waals surface area contributed by atoms with Gasteiger partial charge in [0.25, 0.3) is 0 Å². The Bertz CT molecular complexity index is 1580. The van der Waals surface area contributed by atoms with Gasteiger partial charge >= 0.3 is 29.5 Å². The molecule has 0 bridgehead atoms. The van der Waals surface area contributed by atoms with E-state index in [1.807, 2.05) is 80.2 Å². The molecule has 3 aliphatic rings. The second-order valence-electron chi connectivity index (χ2n) is 12.9. The Kier molecular flexibility index (Phi) is 17.1. The van der Waals surface area contributed by atoms with Gasteiger partial charge in [0.1, 0.15) is 12.0 Å². The maximum Gasteiger partial charge on any atom is 0.490 e. The van der Waals surface area contributed by atoms with Crippen LogP contribution in [-0.2, 0) is 41.1 Å². The van der Waals surface area contributed by atoms with Crippen molar-refractivity contribution in [2.24, 2.45) is 0 Å². The highest BCUT2D eigenvalue weighted by Crippen LogP contribution is 2.66. The fourth-order valence-electron chi connectivity index (χ4n) is 5.65. The van der Waals surface area contributed by atoms with E-state index < -0.39 is 48.4 Å². The molecular formula is C30H46N3O14P3S3. The molecule has 3 amide bonds. The summed E-state index contributed by atoms with van der Waals surface area (Å²) in [6, 6.07) is 16.8. The summed E-state index contributed by atoms with van der Waals surface area (Å²) in [5, 5.41) is 9.28. The van der Waals surface area contributed by atoms with Crippen LogP contribution in [0.25, 0.3) is 0 Å². The van der Waals surface area contributed by atoms with Crippen LogP contribution in [0, 0.1) is 0 Å². The van der Waals surface area contributed by atoms with E-state index >= 15 is 0 Å². The zero-order chi connectivity index (χ0) is 38.7. The zero-order valence-electron chi connectivity index (χ0n) is 29.0. The number of rotatable bonds is 20. The van der Waals surface area contributed by atoms with Gasteiger partial charge in [-0.2, -0.15) is 20.4 Å². The van der Waals surface area contributed by atoms with E-state index in [0.29, 0.717) is 24.6 Å². The second kappa shape index (κ2) is 20.3. The van der Waals surface area contributed by atoms with Crippen LogP contribution >= 0.6 is 56.8 Å². The predicted molar refractivity (Wildman–Crippen MR) is 202 cm³/mol. The van der Waals surface area contributed by atoms with Crippen LogP contribution in [-0.4, -0.2) is 90.6 Å². The average Bonchev–Trinajstić information content (AvgIpc) is 3.74. The number of unbranched alkanes of at least 4 members (excludes halogenated alkanes) is 1. The van der Waals surface area contributed by atoms with Gasteiger partial charge in [-0.15, -0.1) is 0 Å². The molecule has 23 heteroatoms. The Morgan fingerprint density at radius 1 is 1.00 bits per heavy atom. The summed E-state index contributed by atoms with van der Waals surface area (Å²) >= 11 is 1.85. The molecule has 17 nitrogen and oxygen atoms in total. The molecule has 298 valence electrons. The van der Waals surface area contributed by atoms with Crippen molar-refractivity contribution in [1.82, 2.24) is 16.0 Å². The van der Waals surface area contributed by atoms with Gasteiger partial charge in [0.05, 0.1) is 30.9 Å². The SMILES string of the molecule is CC(C)(CNC(=O)CCCCC1SCC2NC(=O)NC21)SSCOC1C[C@H](c2ccccccccc2)O[C@@H]1COP(=O)(O)OP(=O)(O)OP(=O)(O)O. The van der Waals surface area contributed by atoms with Gasteiger partial charge < -0.3 is 45.0 Å². The summed E-state index contributed by atoms with van der Waals surface area (Å²) in [6.07, 6.45) is 1.12. The first-order valence-corrected chi connectivity index (χ1v) is 24.5. The number of thioether (sulfide) groups is 1. The highest BCUT2D eigenvalue weighted by Gasteiger charge is 2.44. The minimum atomic E-state index is -5.69. The molecule has 4 rings (SSSR count). The molecule has 8 atom stereocenters. The summed E-state index contributed by atoms with van der Waals surface area (Å²) in [6.45, 7) is 3.73. The summed E-state index contributed by atoms with van der Waals surface area (Å²) < 4.78 is 59.6. The molecule has 1 aromatic carbocycles. The van der Waals surface area contributed by atoms with Crippen LogP contribution in [0.3, 0.4) is 0 Å². The molecular weight excluding hydrogens is 815 g/mol. The highest BCUT2D eigenvalue weighted by atomic mass is 33.1. The van der Waals surface area contributed by atoms with Crippen LogP contribution < -0.4 is 16.0 Å². The lowest BCUT2D eigenvalue weighted by atomic mass is 10.0. The number of carbonyl (C=O) groups excluding carboxylic acids is 2. The first-order valence-electron chi connectivity index (χ1n) is 16.6. The Balaban J connectivity index is 1.24. The molecule has 3 heterocycles. The molecule has 0 aromatic heterocycles. The van der Waals surface area contributed by atoms with E-state index in [4.69, 9.17) is 23.8 Å². The Labute approximate surface area is 320 Å². The molecule has 7 N–H and O–H groups in total. The van der Waals surface area contributed by atoms with Crippen molar-refractivity contribution in [3.63, 3.8) is 0 Å². The predicted octanol–water partition coefficient (Wildman–Crippen LogP) is 5.33. The second-order valence-corrected chi connectivity index (χ2v) is 21.5. The van der Waals surface area contributed by atoms with E-state index in [0.717, 1.165) is 30.6 Å². The van der Waals surface area contributed by atoms with Gasteiger partial charge in [-0.05, 0) is 32.3 Å². The standard InChI is InChI=1S/C30H46N3O14P3S3/c1-30(2,19-31-27(34)15-11-10-14-26-28-22(18-51-26)32-29(35)33-28)53-52-20-43-24-16-23(21-12-8-6-4-3-5-7-9-13-21)45-25(24)17-44-49(39,40)47-50(41,42)46-48(36,37)38/h3-9,12-13,22-26,28H,10-11,14-20H2,1-2H3,(H,31,34)(H,39,40)(H,41,42)(H2,32,33,35)(H2,36,37,38)/t22?,23-,24?,25-,26?,28?/m1/s1. The molecule has 0 radical (unpaired) electrons. The lowest BCUT2D eigenvalue weighted by Gasteiger charge is -2.25. The minimum absolute atomic E-state index is 0.0362. The van der Waals surface area contributed by atoms with E-state index in [2.05, 4.69) is 24.6 Å². The number of ether oxygens (including phenoxy) is 2. The molecule has 3 aliphatic heterocycles. The molecule has 1 aromatic rings. The van der Waals surface area contributed by atoms with Crippen molar-refractivity contribution >= 4 is 68.8 Å². The van der Waals surface area contributed by atoms with Gasteiger partial charge in [0.15, 0.2) is 0 Å². The summed E-state index contributed by atoms with van der Waals surface area (Å²) in [4.78, 5) is 61.3. The number of carbonyl (C=O) groups is 2. The number of phosphoric acid groups is 3.